The largest absolute Gasteiger partial charge is 0.463 e. The molecule has 0 aromatic carbocycles. The van der Waals surface area contributed by atoms with Crippen LogP contribution in [0.4, 0.5) is 0 Å². The van der Waals surface area contributed by atoms with Crippen LogP contribution in [-0.2, 0) is 33.3 Å². The minimum atomic E-state index is -0.543. The third kappa shape index (κ3) is 12.9. The predicted molar refractivity (Wildman–Crippen MR) is 105 cm³/mol. The maximum atomic E-state index is 11.5. The van der Waals surface area contributed by atoms with Gasteiger partial charge in [0.2, 0.25) is 0 Å². The Bertz CT molecular complexity index is 586. The molecule has 0 amide bonds. The summed E-state index contributed by atoms with van der Waals surface area (Å²) in [5.74, 6) is -0.862. The lowest BCUT2D eigenvalue weighted by Crippen LogP contribution is -2.15. The highest BCUT2D eigenvalue weighted by Gasteiger charge is 2.24. The van der Waals surface area contributed by atoms with Gasteiger partial charge in [-0.15, -0.1) is 0 Å². The minimum Gasteiger partial charge on any atom is -0.463 e. The Morgan fingerprint density at radius 2 is 1.57 bits per heavy atom. The van der Waals surface area contributed by atoms with Crippen molar-refractivity contribution in [3.8, 4) is 0 Å². The first-order chi connectivity index (χ1) is 13.1. The highest BCUT2D eigenvalue weighted by atomic mass is 16.6. The van der Waals surface area contributed by atoms with E-state index in [4.69, 9.17) is 18.9 Å². The molecule has 0 N–H and O–H groups in total. The molecule has 1 unspecified atom stereocenters. The van der Waals surface area contributed by atoms with Gasteiger partial charge in [-0.3, -0.25) is 0 Å². The van der Waals surface area contributed by atoms with Gasteiger partial charge >= 0.3 is 17.9 Å². The normalized spacial score (nSPS) is 14.2. The van der Waals surface area contributed by atoms with Crippen LogP contribution in [0.3, 0.4) is 0 Å². The van der Waals surface area contributed by atoms with E-state index >= 15 is 0 Å². The first-order valence-electron chi connectivity index (χ1n) is 9.22. The van der Waals surface area contributed by atoms with Crippen molar-refractivity contribution in [2.75, 3.05) is 26.4 Å². The fourth-order valence-electron chi connectivity index (χ4n) is 1.57. The lowest BCUT2D eigenvalue weighted by atomic mass is 10.0. The summed E-state index contributed by atoms with van der Waals surface area (Å²) in [5, 5.41) is 0. The monoisotopic (exact) mass is 396 g/mol. The summed E-state index contributed by atoms with van der Waals surface area (Å²) >= 11 is 0. The van der Waals surface area contributed by atoms with E-state index in [0.29, 0.717) is 36.7 Å². The van der Waals surface area contributed by atoms with Gasteiger partial charge in [-0.1, -0.05) is 33.6 Å². The molecule has 7 nitrogen and oxygen atoms in total. The van der Waals surface area contributed by atoms with Gasteiger partial charge in [0.1, 0.15) is 19.3 Å². The van der Waals surface area contributed by atoms with Gasteiger partial charge in [-0.05, 0) is 32.6 Å². The van der Waals surface area contributed by atoms with E-state index in [0.717, 1.165) is 6.42 Å². The molecule has 7 heteroatoms. The van der Waals surface area contributed by atoms with Crippen molar-refractivity contribution in [3.05, 3.63) is 36.5 Å². The quantitative estimate of drug-likeness (QED) is 0.229. The van der Waals surface area contributed by atoms with Gasteiger partial charge in [0.25, 0.3) is 0 Å². The molecule has 1 rings (SSSR count). The Morgan fingerprint density at radius 3 is 2.04 bits per heavy atom. The van der Waals surface area contributed by atoms with Crippen LogP contribution in [0.5, 0.6) is 0 Å². The number of rotatable bonds is 11. The van der Waals surface area contributed by atoms with Gasteiger partial charge in [0, 0.05) is 11.1 Å². The Hall–Kier alpha value is -2.41. The van der Waals surface area contributed by atoms with Gasteiger partial charge < -0.3 is 18.9 Å². The van der Waals surface area contributed by atoms with Crippen molar-refractivity contribution in [1.29, 1.82) is 0 Å². The van der Waals surface area contributed by atoms with Crippen LogP contribution in [0, 0.1) is 5.92 Å². The molecule has 0 aliphatic carbocycles. The Balaban J connectivity index is 0.000000609. The van der Waals surface area contributed by atoms with Crippen LogP contribution in [0.15, 0.2) is 36.5 Å². The van der Waals surface area contributed by atoms with Crippen LogP contribution in [0.25, 0.3) is 0 Å². The number of carbonyl (C=O) groups excluding carboxylic acids is 3. The van der Waals surface area contributed by atoms with Crippen molar-refractivity contribution >= 4 is 17.9 Å². The number of carbonyl (C=O) groups is 3. The molecule has 1 atom stereocenters. The fraction of sp³-hybridized carbons (Fsp3) is 0.571. The van der Waals surface area contributed by atoms with Gasteiger partial charge in [-0.2, -0.15) is 0 Å². The minimum absolute atomic E-state index is 0.127. The first kappa shape index (κ1) is 25.6. The summed E-state index contributed by atoms with van der Waals surface area (Å²) in [5.41, 5.74) is 0.975. The van der Waals surface area contributed by atoms with Gasteiger partial charge in [0.15, 0.2) is 0 Å². The van der Waals surface area contributed by atoms with E-state index in [1.807, 2.05) is 0 Å². The number of hydrogen-bond donors (Lipinski definition) is 0. The summed E-state index contributed by atoms with van der Waals surface area (Å²) in [7, 11) is 0. The zero-order chi connectivity index (χ0) is 21.7. The summed E-state index contributed by atoms with van der Waals surface area (Å²) in [6, 6.07) is 0. The van der Waals surface area contributed by atoms with Crippen molar-refractivity contribution in [3.63, 3.8) is 0 Å². The molecule has 0 bridgehead atoms. The third-order valence-corrected chi connectivity index (χ3v) is 3.40. The topological polar surface area (TPSA) is 91.4 Å². The second-order valence-electron chi connectivity index (χ2n) is 6.77. The number of esters is 3. The molecule has 0 aromatic heterocycles. The highest BCUT2D eigenvalue weighted by Crippen LogP contribution is 2.12. The fourth-order valence-corrected chi connectivity index (χ4v) is 1.57. The SMILES string of the molecule is C=C(C)C(=O)OCC1CO1.C=C(CCC(C)C)C(=O)OCC(=C)C(=O)OCC. The molecule has 158 valence electrons. The molecule has 1 aliphatic heterocycles. The van der Waals surface area contributed by atoms with Crippen molar-refractivity contribution < 1.29 is 33.3 Å². The van der Waals surface area contributed by atoms with E-state index in [2.05, 4.69) is 33.6 Å². The Kier molecular flexibility index (Phi) is 12.5. The zero-order valence-corrected chi connectivity index (χ0v) is 17.4. The van der Waals surface area contributed by atoms with Crippen molar-refractivity contribution in [1.82, 2.24) is 0 Å². The van der Waals surface area contributed by atoms with Crippen molar-refractivity contribution in [2.24, 2.45) is 5.92 Å². The van der Waals surface area contributed by atoms with E-state index in [1.165, 1.54) is 0 Å². The number of ether oxygens (including phenoxy) is 4. The number of hydrogen-bond acceptors (Lipinski definition) is 7. The lowest BCUT2D eigenvalue weighted by molar-refractivity contribution is -0.142. The molecule has 0 radical (unpaired) electrons. The van der Waals surface area contributed by atoms with Crippen LogP contribution in [0.2, 0.25) is 0 Å². The first-order valence-corrected chi connectivity index (χ1v) is 9.22. The molecule has 28 heavy (non-hydrogen) atoms. The van der Waals surface area contributed by atoms with E-state index < -0.39 is 11.9 Å². The molecule has 1 heterocycles. The predicted octanol–water partition coefficient (Wildman–Crippen LogP) is 3.15. The van der Waals surface area contributed by atoms with Crippen LogP contribution < -0.4 is 0 Å². The molecule has 1 aliphatic rings. The second kappa shape index (κ2) is 13.7. The third-order valence-electron chi connectivity index (χ3n) is 3.40. The second-order valence-corrected chi connectivity index (χ2v) is 6.77. The molecule has 1 fully saturated rings. The highest BCUT2D eigenvalue weighted by molar-refractivity contribution is 5.90. The standard InChI is InChI=1S/C14H22O4.C7H10O3/c1-6-17-14(16)12(5)9-18-13(15)11(4)8-7-10(2)3;1-5(2)7(8)10-4-6-3-9-6/h10H,4-9H2,1-3H3;6H,1,3-4H2,2H3. The molecule has 1 saturated heterocycles. The average Bonchev–Trinajstić information content (AvgIpc) is 3.46. The van der Waals surface area contributed by atoms with Crippen molar-refractivity contribution in [2.45, 2.75) is 46.6 Å². The molecule has 0 spiro atoms. The molecule has 0 aromatic rings. The van der Waals surface area contributed by atoms with Crippen LogP contribution in [-0.4, -0.2) is 50.4 Å². The zero-order valence-electron chi connectivity index (χ0n) is 17.4. The average molecular weight is 396 g/mol. The van der Waals surface area contributed by atoms with Gasteiger partial charge in [-0.25, -0.2) is 14.4 Å². The smallest absolute Gasteiger partial charge is 0.336 e. The van der Waals surface area contributed by atoms with E-state index in [9.17, 15) is 14.4 Å². The number of epoxide rings is 1. The van der Waals surface area contributed by atoms with E-state index in [1.54, 1.807) is 13.8 Å². The Labute approximate surface area is 167 Å². The molecule has 0 saturated carbocycles. The van der Waals surface area contributed by atoms with Crippen LogP contribution in [0.1, 0.15) is 40.5 Å². The summed E-state index contributed by atoms with van der Waals surface area (Å²) in [4.78, 5) is 33.4. The maximum Gasteiger partial charge on any atom is 0.336 e. The van der Waals surface area contributed by atoms with Crippen LogP contribution >= 0.6 is 0 Å². The van der Waals surface area contributed by atoms with E-state index in [-0.39, 0.29) is 30.9 Å². The molecular weight excluding hydrogens is 364 g/mol. The lowest BCUT2D eigenvalue weighted by Gasteiger charge is -2.09. The summed E-state index contributed by atoms with van der Waals surface area (Å²) in [6.45, 7) is 19.3. The molecular formula is C21H32O7. The summed E-state index contributed by atoms with van der Waals surface area (Å²) in [6.07, 6.45) is 1.62. The maximum absolute atomic E-state index is 11.5. The summed E-state index contributed by atoms with van der Waals surface area (Å²) < 4.78 is 19.2. The Morgan fingerprint density at radius 1 is 1.00 bits per heavy atom. The van der Waals surface area contributed by atoms with Gasteiger partial charge in [0.05, 0.1) is 18.8 Å².